The molecule has 0 bridgehead atoms. The highest BCUT2D eigenvalue weighted by Crippen LogP contribution is 2.17. The number of hydrogen-bond donors (Lipinski definition) is 1. The highest BCUT2D eigenvalue weighted by molar-refractivity contribution is 5.94. The molecule has 1 N–H and O–H groups in total. The van der Waals surface area contributed by atoms with Crippen LogP contribution in [0.25, 0.3) is 0 Å². The summed E-state index contributed by atoms with van der Waals surface area (Å²) in [5.74, 6) is -0.529. The number of carbonyl (C=O) groups is 1. The Balaban J connectivity index is 1.98. The molecule has 1 heterocycles. The number of nitrogens with zero attached hydrogens (tertiary/aromatic N) is 2. The number of piperazine rings is 1. The van der Waals surface area contributed by atoms with E-state index in [2.05, 4.69) is 18.7 Å². The Kier molecular flexibility index (Phi) is 4.60. The molecular formula is C15H21FN2O2. The maximum Gasteiger partial charge on any atom is 0.256 e. The van der Waals surface area contributed by atoms with Gasteiger partial charge in [-0.2, -0.15) is 0 Å². The molecule has 5 heteroatoms. The van der Waals surface area contributed by atoms with E-state index in [9.17, 15) is 14.3 Å². The molecule has 4 nitrogen and oxygen atoms in total. The fourth-order valence-electron chi connectivity index (χ4n) is 2.50. The van der Waals surface area contributed by atoms with E-state index in [4.69, 9.17) is 0 Å². The zero-order valence-corrected chi connectivity index (χ0v) is 12.0. The molecule has 1 aliphatic heterocycles. The minimum Gasteiger partial charge on any atom is -0.508 e. The molecule has 110 valence electrons. The van der Waals surface area contributed by atoms with Crippen LogP contribution >= 0.6 is 0 Å². The van der Waals surface area contributed by atoms with Crippen molar-refractivity contribution in [2.24, 2.45) is 5.92 Å². The van der Waals surface area contributed by atoms with Crippen molar-refractivity contribution in [2.75, 3.05) is 32.7 Å². The number of phenols is 1. The van der Waals surface area contributed by atoms with Gasteiger partial charge in [0.2, 0.25) is 0 Å². The van der Waals surface area contributed by atoms with Crippen LogP contribution in [-0.4, -0.2) is 53.5 Å². The van der Waals surface area contributed by atoms with Crippen molar-refractivity contribution < 1.29 is 14.3 Å². The highest BCUT2D eigenvalue weighted by atomic mass is 19.1. The van der Waals surface area contributed by atoms with Gasteiger partial charge in [0.25, 0.3) is 5.91 Å². The second-order valence-corrected chi connectivity index (χ2v) is 5.65. The molecule has 0 saturated carbocycles. The number of halogens is 1. The summed E-state index contributed by atoms with van der Waals surface area (Å²) in [5, 5.41) is 9.18. The van der Waals surface area contributed by atoms with Crippen molar-refractivity contribution in [3.63, 3.8) is 0 Å². The van der Waals surface area contributed by atoms with Crippen molar-refractivity contribution in [1.29, 1.82) is 0 Å². The quantitative estimate of drug-likeness (QED) is 0.920. The van der Waals surface area contributed by atoms with Crippen molar-refractivity contribution in [3.05, 3.63) is 29.6 Å². The smallest absolute Gasteiger partial charge is 0.256 e. The molecule has 0 aliphatic carbocycles. The lowest BCUT2D eigenvalue weighted by atomic mass is 10.1. The van der Waals surface area contributed by atoms with Gasteiger partial charge in [0.15, 0.2) is 0 Å². The van der Waals surface area contributed by atoms with Gasteiger partial charge in [-0.05, 0) is 18.1 Å². The molecule has 0 spiro atoms. The first-order chi connectivity index (χ1) is 9.47. The maximum atomic E-state index is 13.7. The zero-order valence-electron chi connectivity index (χ0n) is 12.0. The van der Waals surface area contributed by atoms with Crippen LogP contribution in [0.15, 0.2) is 18.2 Å². The summed E-state index contributed by atoms with van der Waals surface area (Å²) in [7, 11) is 0. The minimum absolute atomic E-state index is 0.0279. The fourth-order valence-corrected chi connectivity index (χ4v) is 2.50. The predicted molar refractivity (Wildman–Crippen MR) is 75.2 cm³/mol. The number of amides is 1. The van der Waals surface area contributed by atoms with Crippen molar-refractivity contribution in [3.8, 4) is 5.75 Å². The SMILES string of the molecule is CC(C)CN1CCN(C(=O)c2ccc(O)cc2F)CC1. The van der Waals surface area contributed by atoms with Crippen LogP contribution in [0, 0.1) is 11.7 Å². The second kappa shape index (κ2) is 6.22. The number of rotatable bonds is 3. The highest BCUT2D eigenvalue weighted by Gasteiger charge is 2.24. The molecule has 0 radical (unpaired) electrons. The van der Waals surface area contributed by atoms with E-state index in [1.54, 1.807) is 4.90 Å². The van der Waals surface area contributed by atoms with Crippen LogP contribution in [0.4, 0.5) is 4.39 Å². The number of carbonyl (C=O) groups excluding carboxylic acids is 1. The fraction of sp³-hybridized carbons (Fsp3) is 0.533. The first-order valence-electron chi connectivity index (χ1n) is 6.97. The molecule has 1 aromatic rings. The first kappa shape index (κ1) is 14.8. The van der Waals surface area contributed by atoms with Gasteiger partial charge in [-0.1, -0.05) is 13.8 Å². The van der Waals surface area contributed by atoms with Gasteiger partial charge >= 0.3 is 0 Å². The van der Waals surface area contributed by atoms with Crippen LogP contribution in [0.3, 0.4) is 0 Å². The minimum atomic E-state index is -0.667. The van der Waals surface area contributed by atoms with E-state index in [0.717, 1.165) is 25.7 Å². The third-order valence-electron chi connectivity index (χ3n) is 3.47. The molecular weight excluding hydrogens is 259 g/mol. The van der Waals surface area contributed by atoms with Gasteiger partial charge in [-0.15, -0.1) is 0 Å². The normalized spacial score (nSPS) is 16.7. The summed E-state index contributed by atoms with van der Waals surface area (Å²) in [6.45, 7) is 8.24. The van der Waals surface area contributed by atoms with Gasteiger partial charge in [0, 0.05) is 38.8 Å². The van der Waals surface area contributed by atoms with E-state index in [-0.39, 0.29) is 17.2 Å². The first-order valence-corrected chi connectivity index (χ1v) is 6.97. The average molecular weight is 280 g/mol. The maximum absolute atomic E-state index is 13.7. The molecule has 1 saturated heterocycles. The summed E-state index contributed by atoms with van der Waals surface area (Å²) in [4.78, 5) is 16.2. The molecule has 0 aromatic heterocycles. The molecule has 1 amide bonds. The predicted octanol–water partition coefficient (Wildman–Crippen LogP) is 1.95. The molecule has 2 rings (SSSR count). The van der Waals surface area contributed by atoms with Crippen molar-refractivity contribution >= 4 is 5.91 Å². The number of phenolic OH excluding ortho intramolecular Hbond substituents is 1. The second-order valence-electron chi connectivity index (χ2n) is 5.65. The van der Waals surface area contributed by atoms with Gasteiger partial charge in [-0.3, -0.25) is 9.69 Å². The van der Waals surface area contributed by atoms with E-state index in [0.29, 0.717) is 19.0 Å². The lowest BCUT2D eigenvalue weighted by molar-refractivity contribution is 0.0619. The Morgan fingerprint density at radius 2 is 1.95 bits per heavy atom. The van der Waals surface area contributed by atoms with Crippen molar-refractivity contribution in [1.82, 2.24) is 9.80 Å². The van der Waals surface area contributed by atoms with Crippen LogP contribution in [0.2, 0.25) is 0 Å². The van der Waals surface area contributed by atoms with Crippen LogP contribution in [0.5, 0.6) is 5.75 Å². The third kappa shape index (κ3) is 3.48. The topological polar surface area (TPSA) is 43.8 Å². The summed E-state index contributed by atoms with van der Waals surface area (Å²) < 4.78 is 13.7. The molecule has 1 aromatic carbocycles. The molecule has 1 aliphatic rings. The zero-order chi connectivity index (χ0) is 14.7. The Morgan fingerprint density at radius 3 is 2.50 bits per heavy atom. The van der Waals surface area contributed by atoms with E-state index < -0.39 is 5.82 Å². The summed E-state index contributed by atoms with van der Waals surface area (Å²) in [6.07, 6.45) is 0. The Bertz CT molecular complexity index is 483. The molecule has 20 heavy (non-hydrogen) atoms. The van der Waals surface area contributed by atoms with Crippen LogP contribution < -0.4 is 0 Å². The third-order valence-corrected chi connectivity index (χ3v) is 3.47. The van der Waals surface area contributed by atoms with Gasteiger partial charge in [0.1, 0.15) is 11.6 Å². The Labute approximate surface area is 118 Å². The molecule has 1 fully saturated rings. The van der Waals surface area contributed by atoms with Crippen LogP contribution in [0.1, 0.15) is 24.2 Å². The number of aromatic hydroxyl groups is 1. The molecule has 0 atom stereocenters. The van der Waals surface area contributed by atoms with E-state index in [1.807, 2.05) is 0 Å². The van der Waals surface area contributed by atoms with Crippen LogP contribution in [-0.2, 0) is 0 Å². The summed E-state index contributed by atoms with van der Waals surface area (Å²) in [6, 6.07) is 3.65. The summed E-state index contributed by atoms with van der Waals surface area (Å²) >= 11 is 0. The largest absolute Gasteiger partial charge is 0.508 e. The Hall–Kier alpha value is -1.62. The monoisotopic (exact) mass is 280 g/mol. The van der Waals surface area contributed by atoms with E-state index >= 15 is 0 Å². The van der Waals surface area contributed by atoms with Gasteiger partial charge < -0.3 is 10.0 Å². The Morgan fingerprint density at radius 1 is 1.30 bits per heavy atom. The van der Waals surface area contributed by atoms with Crippen molar-refractivity contribution in [2.45, 2.75) is 13.8 Å². The van der Waals surface area contributed by atoms with E-state index in [1.165, 1.54) is 12.1 Å². The van der Waals surface area contributed by atoms with Gasteiger partial charge in [0.05, 0.1) is 5.56 Å². The molecule has 0 unspecified atom stereocenters. The number of hydrogen-bond acceptors (Lipinski definition) is 3. The lowest BCUT2D eigenvalue weighted by Gasteiger charge is -2.35. The number of benzene rings is 1. The average Bonchev–Trinajstić information content (AvgIpc) is 2.38. The van der Waals surface area contributed by atoms with Gasteiger partial charge in [-0.25, -0.2) is 4.39 Å². The standard InChI is InChI=1S/C15H21FN2O2/c1-11(2)10-17-5-7-18(8-6-17)15(20)13-4-3-12(19)9-14(13)16/h3-4,9,11,19H,5-8,10H2,1-2H3. The lowest BCUT2D eigenvalue weighted by Crippen LogP contribution is -2.49. The summed E-state index contributed by atoms with van der Waals surface area (Å²) in [5.41, 5.74) is 0.0279.